The minimum atomic E-state index is -0.0635. The highest BCUT2D eigenvalue weighted by atomic mass is 32.1. The third kappa shape index (κ3) is 2.82. The van der Waals surface area contributed by atoms with Crippen LogP contribution in [0.15, 0.2) is 54.7 Å². The van der Waals surface area contributed by atoms with Gasteiger partial charge in [0.15, 0.2) is 5.11 Å². The molecule has 0 spiro atoms. The zero-order chi connectivity index (χ0) is 18.3. The number of anilines is 1. The van der Waals surface area contributed by atoms with Crippen LogP contribution < -0.4 is 10.2 Å². The van der Waals surface area contributed by atoms with Crippen LogP contribution in [-0.4, -0.2) is 20.2 Å². The second-order valence-corrected chi connectivity index (χ2v) is 6.93. The Morgan fingerprint density at radius 3 is 2.50 bits per heavy atom. The van der Waals surface area contributed by atoms with Gasteiger partial charge in [0.05, 0.1) is 17.8 Å². The van der Waals surface area contributed by atoms with Crippen LogP contribution in [0.4, 0.5) is 5.69 Å². The molecule has 3 N–H and O–H groups in total. The van der Waals surface area contributed by atoms with E-state index in [9.17, 15) is 5.11 Å². The lowest BCUT2D eigenvalue weighted by Gasteiger charge is -2.28. The zero-order valence-corrected chi connectivity index (χ0v) is 15.4. The molecule has 1 aromatic carbocycles. The fourth-order valence-corrected chi connectivity index (χ4v) is 3.96. The third-order valence-electron chi connectivity index (χ3n) is 4.73. The van der Waals surface area contributed by atoms with Gasteiger partial charge in [-0.15, -0.1) is 0 Å². The van der Waals surface area contributed by atoms with Crippen molar-refractivity contribution in [3.05, 3.63) is 77.4 Å². The summed E-state index contributed by atoms with van der Waals surface area (Å²) in [4.78, 5) is 10.0. The lowest BCUT2D eigenvalue weighted by atomic mass is 9.96. The highest BCUT2D eigenvalue weighted by molar-refractivity contribution is 7.80. The van der Waals surface area contributed by atoms with E-state index in [1.807, 2.05) is 30.3 Å². The van der Waals surface area contributed by atoms with E-state index in [1.54, 1.807) is 18.3 Å². The summed E-state index contributed by atoms with van der Waals surface area (Å²) >= 11 is 5.67. The van der Waals surface area contributed by atoms with E-state index in [-0.39, 0.29) is 17.8 Å². The van der Waals surface area contributed by atoms with Crippen LogP contribution in [-0.2, 0) is 0 Å². The average Bonchev–Trinajstić information content (AvgIpc) is 3.15. The molecule has 3 heterocycles. The summed E-state index contributed by atoms with van der Waals surface area (Å²) in [6.45, 7) is 4.13. The number of hydrogen-bond acceptors (Lipinski definition) is 3. The summed E-state index contributed by atoms with van der Waals surface area (Å²) < 4.78 is 0. The minimum absolute atomic E-state index is 0.0353. The van der Waals surface area contributed by atoms with E-state index < -0.39 is 0 Å². The topological polar surface area (TPSA) is 64.2 Å². The lowest BCUT2D eigenvalue weighted by molar-refractivity contribution is 0.475. The van der Waals surface area contributed by atoms with E-state index in [4.69, 9.17) is 12.2 Å². The maximum atomic E-state index is 9.64. The predicted molar refractivity (Wildman–Crippen MR) is 106 cm³/mol. The van der Waals surface area contributed by atoms with E-state index in [2.05, 4.69) is 40.1 Å². The van der Waals surface area contributed by atoms with Gasteiger partial charge >= 0.3 is 0 Å². The van der Waals surface area contributed by atoms with Crippen molar-refractivity contribution in [3.8, 4) is 5.75 Å². The van der Waals surface area contributed by atoms with Crippen molar-refractivity contribution in [1.29, 1.82) is 0 Å². The first-order valence-corrected chi connectivity index (χ1v) is 8.91. The average molecular weight is 364 g/mol. The molecule has 1 fully saturated rings. The van der Waals surface area contributed by atoms with Crippen molar-refractivity contribution in [2.75, 3.05) is 4.90 Å². The number of rotatable bonds is 3. The molecule has 6 heteroatoms. The standard InChI is InChI=1S/C20H20N4OS/c1-12-11-16(13(2)22-12)19-18(17-5-3-4-10-21-17)23-20(26)24(19)14-6-8-15(25)9-7-14/h3-11,18-19,22,25H,1-2H3,(H,23,26)/t18-,19-/m0/s1. The predicted octanol–water partition coefficient (Wildman–Crippen LogP) is 3.91. The number of aromatic amines is 1. The van der Waals surface area contributed by atoms with Crippen molar-refractivity contribution in [2.24, 2.45) is 0 Å². The van der Waals surface area contributed by atoms with Gasteiger partial charge in [-0.05, 0) is 74.1 Å². The van der Waals surface area contributed by atoms with E-state index in [1.165, 1.54) is 5.56 Å². The van der Waals surface area contributed by atoms with E-state index >= 15 is 0 Å². The second kappa shape index (κ2) is 6.46. The quantitative estimate of drug-likeness (QED) is 0.615. The Morgan fingerprint density at radius 1 is 1.12 bits per heavy atom. The van der Waals surface area contributed by atoms with Gasteiger partial charge < -0.3 is 20.3 Å². The van der Waals surface area contributed by atoms with Crippen molar-refractivity contribution >= 4 is 23.0 Å². The van der Waals surface area contributed by atoms with Crippen LogP contribution in [0.3, 0.4) is 0 Å². The number of thiocarbonyl (C=S) groups is 1. The number of aromatic nitrogens is 2. The van der Waals surface area contributed by atoms with Crippen LogP contribution in [0.1, 0.15) is 34.7 Å². The summed E-state index contributed by atoms with van der Waals surface area (Å²) in [6, 6.07) is 15.1. The maximum absolute atomic E-state index is 9.64. The first kappa shape index (κ1) is 16.6. The molecule has 0 radical (unpaired) electrons. The van der Waals surface area contributed by atoms with Gasteiger partial charge in [0.25, 0.3) is 0 Å². The molecule has 1 saturated heterocycles. The molecule has 4 rings (SSSR count). The summed E-state index contributed by atoms with van der Waals surface area (Å²) in [5.74, 6) is 0.235. The molecule has 0 amide bonds. The summed E-state index contributed by atoms with van der Waals surface area (Å²) in [7, 11) is 0. The lowest BCUT2D eigenvalue weighted by Crippen LogP contribution is -2.29. The first-order valence-electron chi connectivity index (χ1n) is 8.50. The molecule has 0 saturated carbocycles. The smallest absolute Gasteiger partial charge is 0.174 e. The number of nitrogens with one attached hydrogen (secondary N) is 2. The molecule has 1 aliphatic rings. The number of H-pyrrole nitrogens is 1. The van der Waals surface area contributed by atoms with Gasteiger partial charge in [0.2, 0.25) is 0 Å². The normalized spacial score (nSPS) is 19.6. The van der Waals surface area contributed by atoms with Crippen LogP contribution in [0.5, 0.6) is 5.75 Å². The van der Waals surface area contributed by atoms with Crippen molar-refractivity contribution in [3.63, 3.8) is 0 Å². The van der Waals surface area contributed by atoms with Crippen molar-refractivity contribution < 1.29 is 5.11 Å². The summed E-state index contributed by atoms with van der Waals surface area (Å²) in [5, 5.41) is 13.7. The number of aryl methyl sites for hydroxylation is 2. The number of nitrogens with zero attached hydrogens (tertiary/aromatic N) is 2. The van der Waals surface area contributed by atoms with Crippen LogP contribution in [0.2, 0.25) is 0 Å². The largest absolute Gasteiger partial charge is 0.508 e. The molecule has 5 nitrogen and oxygen atoms in total. The molecular weight excluding hydrogens is 344 g/mol. The fourth-order valence-electron chi connectivity index (χ4n) is 3.61. The monoisotopic (exact) mass is 364 g/mol. The Kier molecular flexibility index (Phi) is 4.12. The highest BCUT2D eigenvalue weighted by Crippen LogP contribution is 2.42. The third-order valence-corrected chi connectivity index (χ3v) is 5.05. The van der Waals surface area contributed by atoms with Gasteiger partial charge in [-0.25, -0.2) is 0 Å². The molecule has 0 bridgehead atoms. The number of phenols is 1. The number of benzene rings is 1. The van der Waals surface area contributed by atoms with Crippen LogP contribution in [0.25, 0.3) is 0 Å². The molecule has 0 aliphatic carbocycles. The molecule has 26 heavy (non-hydrogen) atoms. The Labute approximate surface area is 157 Å². The van der Waals surface area contributed by atoms with Crippen LogP contribution >= 0.6 is 12.2 Å². The Balaban J connectivity index is 1.85. The number of aromatic hydroxyl groups is 1. The number of phenolic OH excluding ortho intramolecular Hbond substituents is 1. The van der Waals surface area contributed by atoms with Gasteiger partial charge in [-0.1, -0.05) is 6.07 Å². The zero-order valence-electron chi connectivity index (χ0n) is 14.6. The molecule has 2 aromatic heterocycles. The van der Waals surface area contributed by atoms with Gasteiger partial charge in [-0.2, -0.15) is 0 Å². The Bertz CT molecular complexity index is 936. The second-order valence-electron chi connectivity index (χ2n) is 6.55. The van der Waals surface area contributed by atoms with Gasteiger partial charge in [-0.3, -0.25) is 4.98 Å². The first-order chi connectivity index (χ1) is 12.5. The molecule has 0 unspecified atom stereocenters. The number of pyridine rings is 1. The highest BCUT2D eigenvalue weighted by Gasteiger charge is 2.41. The molecule has 2 atom stereocenters. The minimum Gasteiger partial charge on any atom is -0.508 e. The van der Waals surface area contributed by atoms with Crippen LogP contribution in [0, 0.1) is 13.8 Å². The van der Waals surface area contributed by atoms with Gasteiger partial charge in [0.1, 0.15) is 5.75 Å². The maximum Gasteiger partial charge on any atom is 0.174 e. The molecule has 3 aromatic rings. The summed E-state index contributed by atoms with van der Waals surface area (Å²) in [5.41, 5.74) is 5.28. The summed E-state index contributed by atoms with van der Waals surface area (Å²) in [6.07, 6.45) is 1.80. The van der Waals surface area contributed by atoms with Gasteiger partial charge in [0, 0.05) is 23.3 Å². The Morgan fingerprint density at radius 2 is 1.88 bits per heavy atom. The SMILES string of the molecule is Cc1cc([C@H]2[C@H](c3ccccn3)NC(=S)N2c2ccc(O)cc2)c(C)[nH]1. The molecule has 1 aliphatic heterocycles. The van der Waals surface area contributed by atoms with Crippen molar-refractivity contribution in [2.45, 2.75) is 25.9 Å². The molecule has 132 valence electrons. The van der Waals surface area contributed by atoms with Crippen molar-refractivity contribution in [1.82, 2.24) is 15.3 Å². The number of hydrogen-bond donors (Lipinski definition) is 3. The van der Waals surface area contributed by atoms with E-state index in [0.29, 0.717) is 5.11 Å². The van der Waals surface area contributed by atoms with E-state index in [0.717, 1.165) is 22.8 Å². The molecular formula is C20H20N4OS. The Hall–Kier alpha value is -2.86. The fraction of sp³-hybridized carbons (Fsp3) is 0.200.